The summed E-state index contributed by atoms with van der Waals surface area (Å²) in [7, 11) is 1.65. The zero-order valence-corrected chi connectivity index (χ0v) is 19.9. The molecular weight excluding hydrogens is 398 g/mol. The molecule has 2 amide bonds. The van der Waals surface area contributed by atoms with Gasteiger partial charge in [-0.05, 0) is 52.4 Å². The number of epoxide rings is 2. The van der Waals surface area contributed by atoms with E-state index in [1.807, 2.05) is 0 Å². The highest BCUT2D eigenvalue weighted by molar-refractivity contribution is 5.77. The maximum absolute atomic E-state index is 12.7. The van der Waals surface area contributed by atoms with Crippen molar-refractivity contribution in [3.63, 3.8) is 0 Å². The van der Waals surface area contributed by atoms with E-state index in [2.05, 4.69) is 43.2 Å². The lowest BCUT2D eigenvalue weighted by Crippen LogP contribution is -2.48. The minimum atomic E-state index is -0.334. The number of ether oxygens (including phenoxy) is 3. The van der Waals surface area contributed by atoms with Gasteiger partial charge in [-0.2, -0.15) is 0 Å². The van der Waals surface area contributed by atoms with Crippen LogP contribution in [-0.2, 0) is 23.8 Å². The van der Waals surface area contributed by atoms with Crippen molar-refractivity contribution < 1.29 is 23.8 Å². The van der Waals surface area contributed by atoms with Crippen LogP contribution in [0.15, 0.2) is 0 Å². The molecule has 2 N–H and O–H groups in total. The average molecular weight is 440 g/mol. The second-order valence-corrected chi connectivity index (χ2v) is 9.73. The van der Waals surface area contributed by atoms with Gasteiger partial charge < -0.3 is 24.8 Å². The smallest absolute Gasteiger partial charge is 0.221 e. The van der Waals surface area contributed by atoms with Crippen LogP contribution >= 0.6 is 0 Å². The topological polar surface area (TPSA) is 95.7 Å². The summed E-state index contributed by atoms with van der Waals surface area (Å²) in [6.45, 7) is 9.51. The molecule has 0 radical (unpaired) electrons. The van der Waals surface area contributed by atoms with Crippen molar-refractivity contribution in [3.8, 4) is 0 Å². The molecule has 31 heavy (non-hydrogen) atoms. The molecule has 0 aromatic heterocycles. The monoisotopic (exact) mass is 439 g/mol. The Labute approximate surface area is 186 Å². The maximum atomic E-state index is 12.7. The zero-order chi connectivity index (χ0) is 22.6. The molecule has 3 fully saturated rings. The molecule has 3 rings (SSSR count). The number of amides is 2. The molecule has 3 aliphatic heterocycles. The predicted octanol–water partition coefficient (Wildman–Crippen LogP) is 2.31. The lowest BCUT2D eigenvalue weighted by atomic mass is 9.93. The minimum absolute atomic E-state index is 0.0316. The van der Waals surface area contributed by atoms with Gasteiger partial charge in [0, 0.05) is 38.6 Å². The van der Waals surface area contributed by atoms with Gasteiger partial charge in [-0.15, -0.1) is 0 Å². The first kappa shape index (κ1) is 24.4. The number of hydrogen-bond acceptors (Lipinski definition) is 6. The molecule has 0 aromatic rings. The Hall–Kier alpha value is -1.22. The van der Waals surface area contributed by atoms with Crippen LogP contribution in [0.25, 0.3) is 0 Å². The average Bonchev–Trinajstić information content (AvgIpc) is 3.65. The molecule has 178 valence electrons. The van der Waals surface area contributed by atoms with Gasteiger partial charge in [0.1, 0.15) is 12.5 Å². The number of nitrogens with one attached hydrogen (secondary N) is 2. The lowest BCUT2D eigenvalue weighted by molar-refractivity contribution is -0.125. The normalized spacial score (nSPS) is 30.7. The van der Waals surface area contributed by atoms with Gasteiger partial charge in [-0.3, -0.25) is 9.59 Å². The standard InChI is InChI=1S/C23H41N3O5/c1-6-22(3,13-15-29-23(4,7-2)12-10-18(27)24-5)25-19(28)11-14-26-20-16(30-20)8-9-17-21(26)31-17/h16-17,20-21H,6-15H2,1-5H3,(H,24,27)(H,25,28). The van der Waals surface area contributed by atoms with Gasteiger partial charge in [0.05, 0.1) is 17.8 Å². The quantitative estimate of drug-likeness (QED) is 0.428. The molecule has 8 nitrogen and oxygen atoms in total. The van der Waals surface area contributed by atoms with Gasteiger partial charge in [0.15, 0.2) is 0 Å². The molecule has 3 saturated heterocycles. The van der Waals surface area contributed by atoms with Crippen LogP contribution in [0.1, 0.15) is 79.1 Å². The van der Waals surface area contributed by atoms with E-state index in [0.29, 0.717) is 44.6 Å². The highest BCUT2D eigenvalue weighted by Crippen LogP contribution is 2.44. The summed E-state index contributed by atoms with van der Waals surface area (Å²) < 4.78 is 17.7. The third kappa shape index (κ3) is 6.63. The van der Waals surface area contributed by atoms with Crippen LogP contribution in [0.2, 0.25) is 0 Å². The van der Waals surface area contributed by atoms with Gasteiger partial charge in [0.2, 0.25) is 11.8 Å². The van der Waals surface area contributed by atoms with Gasteiger partial charge in [-0.1, -0.05) is 13.8 Å². The molecule has 0 aliphatic carbocycles. The van der Waals surface area contributed by atoms with Crippen molar-refractivity contribution in [1.82, 2.24) is 15.5 Å². The van der Waals surface area contributed by atoms with Crippen molar-refractivity contribution in [1.29, 1.82) is 0 Å². The van der Waals surface area contributed by atoms with Crippen LogP contribution in [0, 0.1) is 0 Å². The van der Waals surface area contributed by atoms with Crippen LogP contribution in [0.4, 0.5) is 0 Å². The number of rotatable bonds is 13. The van der Waals surface area contributed by atoms with E-state index in [0.717, 1.165) is 32.1 Å². The van der Waals surface area contributed by atoms with E-state index in [1.165, 1.54) is 0 Å². The van der Waals surface area contributed by atoms with Crippen molar-refractivity contribution in [2.24, 2.45) is 0 Å². The van der Waals surface area contributed by atoms with Gasteiger partial charge in [0.25, 0.3) is 0 Å². The van der Waals surface area contributed by atoms with Crippen LogP contribution in [0.5, 0.6) is 0 Å². The first-order chi connectivity index (χ1) is 14.7. The number of likely N-dealkylation sites (tertiary alicyclic amines) is 1. The van der Waals surface area contributed by atoms with Crippen molar-refractivity contribution in [2.45, 2.75) is 115 Å². The van der Waals surface area contributed by atoms with E-state index in [1.54, 1.807) is 7.05 Å². The summed E-state index contributed by atoms with van der Waals surface area (Å²) in [5, 5.41) is 5.89. The number of carbonyl (C=O) groups is 2. The third-order valence-electron chi connectivity index (χ3n) is 7.33. The molecule has 6 unspecified atom stereocenters. The summed E-state index contributed by atoms with van der Waals surface area (Å²) in [6, 6.07) is 0. The Morgan fingerprint density at radius 1 is 1.00 bits per heavy atom. The van der Waals surface area contributed by atoms with Crippen molar-refractivity contribution >= 4 is 11.8 Å². The second-order valence-electron chi connectivity index (χ2n) is 9.73. The molecule has 6 atom stereocenters. The molecular formula is C23H41N3O5. The number of fused-ring (bicyclic) bond motifs is 2. The van der Waals surface area contributed by atoms with Crippen molar-refractivity contribution in [3.05, 3.63) is 0 Å². The van der Waals surface area contributed by atoms with Gasteiger partial charge >= 0.3 is 0 Å². The zero-order valence-electron chi connectivity index (χ0n) is 19.9. The highest BCUT2D eigenvalue weighted by Gasteiger charge is 2.57. The fourth-order valence-electron chi connectivity index (χ4n) is 4.33. The molecule has 0 aromatic carbocycles. The molecule has 8 heteroatoms. The summed E-state index contributed by atoms with van der Waals surface area (Å²) >= 11 is 0. The largest absolute Gasteiger partial charge is 0.375 e. The number of hydrogen-bond donors (Lipinski definition) is 2. The molecule has 3 aliphatic rings. The van der Waals surface area contributed by atoms with E-state index >= 15 is 0 Å². The molecule has 0 bridgehead atoms. The summed E-state index contributed by atoms with van der Waals surface area (Å²) in [4.78, 5) is 26.5. The second kappa shape index (κ2) is 10.1. The first-order valence-corrected chi connectivity index (χ1v) is 11.9. The summed E-state index contributed by atoms with van der Waals surface area (Å²) in [6.07, 6.45) is 7.02. The van der Waals surface area contributed by atoms with E-state index in [4.69, 9.17) is 14.2 Å². The van der Waals surface area contributed by atoms with Gasteiger partial charge in [-0.25, -0.2) is 4.90 Å². The highest BCUT2D eigenvalue weighted by atomic mass is 16.7. The fourth-order valence-corrected chi connectivity index (χ4v) is 4.33. The Balaban J connectivity index is 1.41. The van der Waals surface area contributed by atoms with Crippen molar-refractivity contribution in [2.75, 3.05) is 20.2 Å². The molecule has 3 heterocycles. The third-order valence-corrected chi connectivity index (χ3v) is 7.33. The van der Waals surface area contributed by atoms with E-state index < -0.39 is 0 Å². The molecule has 0 saturated carbocycles. The number of carbonyl (C=O) groups excluding carboxylic acids is 2. The van der Waals surface area contributed by atoms with Crippen LogP contribution < -0.4 is 10.6 Å². The Morgan fingerprint density at radius 3 is 2.19 bits per heavy atom. The summed E-state index contributed by atoms with van der Waals surface area (Å²) in [5.74, 6) is 0.0880. The fraction of sp³-hybridized carbons (Fsp3) is 0.913. The predicted molar refractivity (Wildman–Crippen MR) is 117 cm³/mol. The minimum Gasteiger partial charge on any atom is -0.375 e. The lowest BCUT2D eigenvalue weighted by Gasteiger charge is -2.34. The Morgan fingerprint density at radius 2 is 1.65 bits per heavy atom. The SMILES string of the molecule is CCC(C)(CCOC(C)(CC)CCC(=O)NC)NC(=O)CCN1C2OC2CCC2OC21. The van der Waals surface area contributed by atoms with E-state index in [9.17, 15) is 9.59 Å². The first-order valence-electron chi connectivity index (χ1n) is 11.9. The van der Waals surface area contributed by atoms with Crippen LogP contribution in [0.3, 0.4) is 0 Å². The molecule has 0 spiro atoms. The van der Waals surface area contributed by atoms with E-state index in [-0.39, 0.29) is 35.4 Å². The Bertz CT molecular complexity index is 629. The maximum Gasteiger partial charge on any atom is 0.221 e. The summed E-state index contributed by atoms with van der Waals surface area (Å²) in [5.41, 5.74) is -0.651. The van der Waals surface area contributed by atoms with Crippen LogP contribution in [-0.4, -0.2) is 72.7 Å². The number of nitrogens with zero attached hydrogens (tertiary/aromatic N) is 1. The Kier molecular flexibility index (Phi) is 8.00.